The number of hydrogen-bond donors (Lipinski definition) is 1. The summed E-state index contributed by atoms with van der Waals surface area (Å²) in [5.74, 6) is -0.710. The van der Waals surface area contributed by atoms with Crippen molar-refractivity contribution in [2.24, 2.45) is 0 Å². The molecule has 150 valence electrons. The second-order valence-corrected chi connectivity index (χ2v) is 7.22. The third kappa shape index (κ3) is 6.95. The summed E-state index contributed by atoms with van der Waals surface area (Å²) in [6.07, 6.45) is 15.0. The Morgan fingerprint density at radius 1 is 1.15 bits per heavy atom. The maximum absolute atomic E-state index is 12.3. The molecule has 1 atom stereocenters. The monoisotopic (exact) mass is 414 g/mol. The van der Waals surface area contributed by atoms with Crippen molar-refractivity contribution in [2.45, 2.75) is 63.9 Å². The van der Waals surface area contributed by atoms with Gasteiger partial charge >= 0.3 is 5.97 Å². The number of unbranched alkanes of at least 4 members (excludes halogenated alkanes) is 4. The van der Waals surface area contributed by atoms with Crippen LogP contribution in [0.2, 0.25) is 0 Å². The molecule has 27 heavy (non-hydrogen) atoms. The van der Waals surface area contributed by atoms with Gasteiger partial charge in [-0.1, -0.05) is 73.3 Å². The van der Waals surface area contributed by atoms with Crippen molar-refractivity contribution < 1.29 is 19.4 Å². The van der Waals surface area contributed by atoms with E-state index in [1.54, 1.807) is 12.2 Å². The maximum Gasteiger partial charge on any atom is 0.305 e. The lowest BCUT2D eigenvalue weighted by Gasteiger charge is -2.22. The summed E-state index contributed by atoms with van der Waals surface area (Å²) in [4.78, 5) is 23.4. The second-order valence-electron chi connectivity index (χ2n) is 6.47. The van der Waals surface area contributed by atoms with Crippen LogP contribution in [0.15, 0.2) is 46.0 Å². The number of aliphatic hydroxyl groups is 1. The fraction of sp³-hybridized carbons (Fsp3) is 0.524. The van der Waals surface area contributed by atoms with Gasteiger partial charge in [0.1, 0.15) is 10.6 Å². The van der Waals surface area contributed by atoms with Gasteiger partial charge in [0, 0.05) is 18.4 Å². The summed E-state index contributed by atoms with van der Waals surface area (Å²) < 4.78 is 4.58. The molecule has 0 spiro atoms. The number of rotatable bonds is 11. The number of Topliss-reactive ketones (excluding diaryl/α,β-unsaturated/α-hetero) is 1. The van der Waals surface area contributed by atoms with E-state index in [4.69, 9.17) is 23.2 Å². The van der Waals surface area contributed by atoms with E-state index in [0.29, 0.717) is 19.3 Å². The van der Waals surface area contributed by atoms with Crippen LogP contribution in [-0.4, -0.2) is 29.6 Å². The van der Waals surface area contributed by atoms with E-state index in [1.807, 2.05) is 18.2 Å². The fourth-order valence-electron chi connectivity index (χ4n) is 2.73. The highest BCUT2D eigenvalue weighted by atomic mass is 35.5. The van der Waals surface area contributed by atoms with Crippen LogP contribution in [0.1, 0.15) is 58.3 Å². The van der Waals surface area contributed by atoms with Gasteiger partial charge in [-0.25, -0.2) is 0 Å². The first-order chi connectivity index (χ1) is 12.9. The standard InChI is InChI=1S/C21H28Cl2O4/c1-3-4-5-6-9-12-15-21(26)16(19(25)18(22)20(21)23)13-10-7-8-11-14-17(24)27-2/h7,9-10,12-13,26H,3-6,8,11,14-15H2,1-2H3/b10-7+,12-9-,16-13-. The van der Waals surface area contributed by atoms with Gasteiger partial charge in [-0.15, -0.1) is 0 Å². The molecule has 0 amide bonds. The van der Waals surface area contributed by atoms with E-state index in [2.05, 4.69) is 11.7 Å². The Morgan fingerprint density at radius 3 is 2.52 bits per heavy atom. The normalized spacial score (nSPS) is 22.0. The van der Waals surface area contributed by atoms with Crippen LogP contribution in [0.25, 0.3) is 0 Å². The molecule has 0 aromatic heterocycles. The lowest BCUT2D eigenvalue weighted by atomic mass is 9.92. The van der Waals surface area contributed by atoms with Gasteiger partial charge in [-0.2, -0.15) is 0 Å². The van der Waals surface area contributed by atoms with Crippen molar-refractivity contribution in [3.05, 3.63) is 46.0 Å². The van der Waals surface area contributed by atoms with Crippen molar-refractivity contribution >= 4 is 35.0 Å². The third-order valence-electron chi connectivity index (χ3n) is 4.38. The molecule has 1 N–H and O–H groups in total. The van der Waals surface area contributed by atoms with Gasteiger partial charge in [0.2, 0.25) is 5.78 Å². The highest BCUT2D eigenvalue weighted by Crippen LogP contribution is 2.44. The molecule has 0 aliphatic heterocycles. The van der Waals surface area contributed by atoms with Gasteiger partial charge in [0.15, 0.2) is 0 Å². The van der Waals surface area contributed by atoms with Crippen LogP contribution in [0, 0.1) is 0 Å². The van der Waals surface area contributed by atoms with E-state index < -0.39 is 11.4 Å². The average molecular weight is 415 g/mol. The first-order valence-corrected chi connectivity index (χ1v) is 10.1. The molecular formula is C21H28Cl2O4. The summed E-state index contributed by atoms with van der Waals surface area (Å²) in [5.41, 5.74) is -1.42. The predicted molar refractivity (Wildman–Crippen MR) is 110 cm³/mol. The molecule has 1 rings (SSSR count). The van der Waals surface area contributed by atoms with Gasteiger partial charge in [-0.05, 0) is 25.7 Å². The molecule has 1 aliphatic rings. The minimum Gasteiger partial charge on any atom is -0.469 e. The number of carbonyl (C=O) groups excluding carboxylic acids is 2. The molecule has 0 saturated heterocycles. The Bertz CT molecular complexity index is 647. The SMILES string of the molecule is CCCCC/C=C\CC1(O)C(Cl)=C(Cl)C(=O)/C1=C/C=C/CCCC(=O)OC. The van der Waals surface area contributed by atoms with Crippen molar-refractivity contribution in [2.75, 3.05) is 7.11 Å². The zero-order chi connectivity index (χ0) is 20.3. The van der Waals surface area contributed by atoms with Crippen LogP contribution in [0.5, 0.6) is 0 Å². The predicted octanol–water partition coefficient (Wildman–Crippen LogP) is 5.34. The Kier molecular flexibility index (Phi) is 10.7. The molecule has 0 radical (unpaired) electrons. The molecule has 0 aromatic carbocycles. The molecule has 1 unspecified atom stereocenters. The highest BCUT2D eigenvalue weighted by Gasteiger charge is 2.46. The van der Waals surface area contributed by atoms with E-state index in [1.165, 1.54) is 7.11 Å². The van der Waals surface area contributed by atoms with Gasteiger partial charge in [-0.3, -0.25) is 9.59 Å². The highest BCUT2D eigenvalue weighted by molar-refractivity contribution is 6.53. The van der Waals surface area contributed by atoms with E-state index >= 15 is 0 Å². The first kappa shape index (κ1) is 23.7. The number of halogens is 2. The molecule has 6 heteroatoms. The summed E-state index contributed by atoms with van der Waals surface area (Å²) in [7, 11) is 1.36. The van der Waals surface area contributed by atoms with Crippen LogP contribution in [0.3, 0.4) is 0 Å². The summed E-state index contributed by atoms with van der Waals surface area (Å²) in [5, 5.41) is 10.8. The van der Waals surface area contributed by atoms with Crippen molar-refractivity contribution in [3.8, 4) is 0 Å². The molecule has 0 saturated carbocycles. The molecule has 0 aromatic rings. The lowest BCUT2D eigenvalue weighted by molar-refractivity contribution is -0.140. The smallest absolute Gasteiger partial charge is 0.305 e. The Labute approximate surface area is 171 Å². The molecule has 0 fully saturated rings. The molecule has 1 aliphatic carbocycles. The zero-order valence-corrected chi connectivity index (χ0v) is 17.5. The minimum atomic E-state index is -1.59. The average Bonchev–Trinajstić information content (AvgIpc) is 2.82. The Balaban J connectivity index is 2.74. The third-order valence-corrected chi connectivity index (χ3v) is 5.34. The largest absolute Gasteiger partial charge is 0.469 e. The first-order valence-electron chi connectivity index (χ1n) is 9.30. The Morgan fingerprint density at radius 2 is 1.85 bits per heavy atom. The summed E-state index contributed by atoms with van der Waals surface area (Å²) in [6.45, 7) is 2.14. The van der Waals surface area contributed by atoms with Crippen LogP contribution >= 0.6 is 23.2 Å². The van der Waals surface area contributed by atoms with E-state index in [-0.39, 0.29) is 28.0 Å². The van der Waals surface area contributed by atoms with Crippen LogP contribution in [0.4, 0.5) is 0 Å². The van der Waals surface area contributed by atoms with Crippen molar-refractivity contribution in [1.82, 2.24) is 0 Å². The quantitative estimate of drug-likeness (QED) is 0.214. The topological polar surface area (TPSA) is 63.6 Å². The summed E-state index contributed by atoms with van der Waals surface area (Å²) in [6, 6.07) is 0. The van der Waals surface area contributed by atoms with Crippen LogP contribution in [-0.2, 0) is 14.3 Å². The van der Waals surface area contributed by atoms with Gasteiger partial charge in [0.25, 0.3) is 0 Å². The van der Waals surface area contributed by atoms with E-state index in [0.717, 1.165) is 25.7 Å². The minimum absolute atomic E-state index is 0.0299. The number of ether oxygens (including phenoxy) is 1. The number of ketones is 1. The molecule has 0 heterocycles. The van der Waals surface area contributed by atoms with E-state index in [9.17, 15) is 14.7 Å². The lowest BCUT2D eigenvalue weighted by Crippen LogP contribution is -2.29. The Hall–Kier alpha value is -1.36. The second kappa shape index (κ2) is 12.2. The zero-order valence-electron chi connectivity index (χ0n) is 16.0. The summed E-state index contributed by atoms with van der Waals surface area (Å²) >= 11 is 12.1. The number of carbonyl (C=O) groups is 2. The number of methoxy groups -OCH3 is 1. The molecular weight excluding hydrogens is 387 g/mol. The molecule has 4 nitrogen and oxygen atoms in total. The number of hydrogen-bond acceptors (Lipinski definition) is 4. The van der Waals surface area contributed by atoms with Crippen molar-refractivity contribution in [1.29, 1.82) is 0 Å². The van der Waals surface area contributed by atoms with Gasteiger partial charge < -0.3 is 9.84 Å². The van der Waals surface area contributed by atoms with Gasteiger partial charge in [0.05, 0.1) is 12.1 Å². The number of esters is 1. The number of allylic oxidation sites excluding steroid dienone is 5. The van der Waals surface area contributed by atoms with Crippen LogP contribution < -0.4 is 0 Å². The maximum atomic E-state index is 12.3. The fourth-order valence-corrected chi connectivity index (χ4v) is 3.25. The van der Waals surface area contributed by atoms with Crippen molar-refractivity contribution in [3.63, 3.8) is 0 Å². The molecule has 0 bridgehead atoms.